The van der Waals surface area contributed by atoms with Gasteiger partial charge in [0, 0.05) is 28.9 Å². The molecule has 2 aromatic rings. The predicted molar refractivity (Wildman–Crippen MR) is 138 cm³/mol. The van der Waals surface area contributed by atoms with Crippen molar-refractivity contribution in [1.29, 1.82) is 0 Å². The lowest BCUT2D eigenvalue weighted by Gasteiger charge is -2.31. The van der Waals surface area contributed by atoms with Gasteiger partial charge in [0.1, 0.15) is 6.04 Å². The van der Waals surface area contributed by atoms with Gasteiger partial charge in [-0.25, -0.2) is 0 Å². The van der Waals surface area contributed by atoms with E-state index in [4.69, 9.17) is 11.6 Å². The molecule has 4 nitrogen and oxygen atoms in total. The SMILES string of the molecule is C[C@H](C(=O)NC1CCCCC1)N(CCc1ccccc1)C(=O)CCCSc1ccc(Cl)cc1. The highest BCUT2D eigenvalue weighted by Crippen LogP contribution is 2.22. The maximum atomic E-state index is 13.2. The highest BCUT2D eigenvalue weighted by molar-refractivity contribution is 7.99. The van der Waals surface area contributed by atoms with Crippen LogP contribution in [-0.4, -0.2) is 41.1 Å². The first-order chi connectivity index (χ1) is 16.0. The number of carbonyl (C=O) groups excluding carboxylic acids is 2. The Balaban J connectivity index is 1.55. The first kappa shape index (κ1) is 25.6. The third-order valence-electron chi connectivity index (χ3n) is 6.22. The average molecular weight is 487 g/mol. The van der Waals surface area contributed by atoms with Gasteiger partial charge >= 0.3 is 0 Å². The van der Waals surface area contributed by atoms with E-state index in [1.165, 1.54) is 24.8 Å². The third-order valence-corrected chi connectivity index (χ3v) is 7.57. The standard InChI is InChI=1S/C27H35ClN2O2S/c1-21(27(32)29-24-11-6-3-7-12-24)30(19-18-22-9-4-2-5-10-22)26(31)13-8-20-33-25-16-14-23(28)15-17-25/h2,4-5,9-10,14-17,21,24H,3,6-8,11-13,18-20H2,1H3,(H,29,32)/t21-/m1/s1. The van der Waals surface area contributed by atoms with E-state index in [-0.39, 0.29) is 17.9 Å². The lowest BCUT2D eigenvalue weighted by molar-refractivity contribution is -0.140. The number of thioether (sulfide) groups is 1. The van der Waals surface area contributed by atoms with Crippen LogP contribution in [-0.2, 0) is 16.0 Å². The number of hydrogen-bond donors (Lipinski definition) is 1. The lowest BCUT2D eigenvalue weighted by atomic mass is 9.95. The summed E-state index contributed by atoms with van der Waals surface area (Å²) in [4.78, 5) is 29.1. The minimum atomic E-state index is -0.466. The van der Waals surface area contributed by atoms with Crippen LogP contribution in [0.1, 0.15) is 57.4 Å². The molecule has 1 fully saturated rings. The van der Waals surface area contributed by atoms with Gasteiger partial charge in [-0.3, -0.25) is 9.59 Å². The Morgan fingerprint density at radius 2 is 1.76 bits per heavy atom. The number of hydrogen-bond acceptors (Lipinski definition) is 3. The molecular weight excluding hydrogens is 452 g/mol. The zero-order chi connectivity index (χ0) is 23.5. The Labute approximate surface area is 207 Å². The Kier molecular flexibility index (Phi) is 10.6. The van der Waals surface area contributed by atoms with Crippen molar-refractivity contribution in [3.05, 3.63) is 65.2 Å². The molecule has 1 aliphatic rings. The Morgan fingerprint density at radius 3 is 2.45 bits per heavy atom. The van der Waals surface area contributed by atoms with Crippen molar-refractivity contribution in [3.63, 3.8) is 0 Å². The van der Waals surface area contributed by atoms with E-state index in [1.54, 1.807) is 16.7 Å². The molecule has 2 aromatic carbocycles. The van der Waals surface area contributed by atoms with Crippen molar-refractivity contribution in [2.45, 2.75) is 75.3 Å². The normalized spacial score (nSPS) is 15.1. The summed E-state index contributed by atoms with van der Waals surface area (Å²) in [5, 5.41) is 3.92. The summed E-state index contributed by atoms with van der Waals surface area (Å²) in [6.07, 6.45) is 7.62. The number of nitrogens with zero attached hydrogens (tertiary/aromatic N) is 1. The molecule has 33 heavy (non-hydrogen) atoms. The van der Waals surface area contributed by atoms with Gasteiger partial charge in [0.05, 0.1) is 0 Å². The fraction of sp³-hybridized carbons (Fsp3) is 0.481. The van der Waals surface area contributed by atoms with Crippen LogP contribution >= 0.6 is 23.4 Å². The summed E-state index contributed by atoms with van der Waals surface area (Å²) in [5.74, 6) is 0.871. The van der Waals surface area contributed by atoms with E-state index in [2.05, 4.69) is 17.4 Å². The molecule has 0 spiro atoms. The molecule has 0 bridgehead atoms. The van der Waals surface area contributed by atoms with Crippen molar-refractivity contribution >= 4 is 35.2 Å². The van der Waals surface area contributed by atoms with Gasteiger partial charge in [-0.1, -0.05) is 61.2 Å². The van der Waals surface area contributed by atoms with E-state index in [0.29, 0.717) is 13.0 Å². The largest absolute Gasteiger partial charge is 0.352 e. The fourth-order valence-electron chi connectivity index (χ4n) is 4.23. The van der Waals surface area contributed by atoms with Crippen molar-refractivity contribution in [2.24, 2.45) is 0 Å². The topological polar surface area (TPSA) is 49.4 Å². The highest BCUT2D eigenvalue weighted by Gasteiger charge is 2.27. The second kappa shape index (κ2) is 13.7. The Morgan fingerprint density at radius 1 is 1.06 bits per heavy atom. The maximum Gasteiger partial charge on any atom is 0.242 e. The molecule has 178 valence electrons. The van der Waals surface area contributed by atoms with Crippen LogP contribution in [0.4, 0.5) is 0 Å². The number of carbonyl (C=O) groups is 2. The van der Waals surface area contributed by atoms with Crippen LogP contribution in [0.5, 0.6) is 0 Å². The number of amides is 2. The highest BCUT2D eigenvalue weighted by atomic mass is 35.5. The summed E-state index contributed by atoms with van der Waals surface area (Å²) in [7, 11) is 0. The summed E-state index contributed by atoms with van der Waals surface area (Å²) >= 11 is 7.67. The number of halogens is 1. The second-order valence-electron chi connectivity index (χ2n) is 8.75. The van der Waals surface area contributed by atoms with E-state index in [9.17, 15) is 9.59 Å². The van der Waals surface area contributed by atoms with E-state index < -0.39 is 6.04 Å². The van der Waals surface area contributed by atoms with Gasteiger partial charge in [-0.15, -0.1) is 11.8 Å². The van der Waals surface area contributed by atoms with Crippen LogP contribution in [0.25, 0.3) is 0 Å². The Hall–Kier alpha value is -1.98. The van der Waals surface area contributed by atoms with E-state index in [0.717, 1.165) is 41.4 Å². The Bertz CT molecular complexity index is 869. The van der Waals surface area contributed by atoms with Crippen molar-refractivity contribution in [3.8, 4) is 0 Å². The average Bonchev–Trinajstić information content (AvgIpc) is 2.84. The first-order valence-electron chi connectivity index (χ1n) is 12.0. The molecule has 3 rings (SSSR count). The minimum absolute atomic E-state index is 0.0288. The van der Waals surface area contributed by atoms with E-state index in [1.807, 2.05) is 49.4 Å². The van der Waals surface area contributed by atoms with Crippen molar-refractivity contribution < 1.29 is 9.59 Å². The number of benzene rings is 2. The molecular formula is C27H35ClN2O2S. The van der Waals surface area contributed by atoms with Crippen LogP contribution in [0.2, 0.25) is 5.02 Å². The van der Waals surface area contributed by atoms with Crippen LogP contribution in [0.3, 0.4) is 0 Å². The zero-order valence-electron chi connectivity index (χ0n) is 19.5. The lowest BCUT2D eigenvalue weighted by Crippen LogP contribution is -2.51. The first-order valence-corrected chi connectivity index (χ1v) is 13.4. The molecule has 1 atom stereocenters. The third kappa shape index (κ3) is 8.71. The molecule has 0 unspecified atom stereocenters. The molecule has 1 saturated carbocycles. The monoisotopic (exact) mass is 486 g/mol. The zero-order valence-corrected chi connectivity index (χ0v) is 21.0. The molecule has 1 aliphatic carbocycles. The predicted octanol–water partition coefficient (Wildman–Crippen LogP) is 6.12. The van der Waals surface area contributed by atoms with E-state index >= 15 is 0 Å². The van der Waals surface area contributed by atoms with Gasteiger partial charge in [0.2, 0.25) is 11.8 Å². The molecule has 6 heteroatoms. The van der Waals surface area contributed by atoms with Crippen LogP contribution < -0.4 is 5.32 Å². The maximum absolute atomic E-state index is 13.2. The molecule has 0 heterocycles. The molecule has 0 radical (unpaired) electrons. The van der Waals surface area contributed by atoms with Gasteiger partial charge in [0.15, 0.2) is 0 Å². The van der Waals surface area contributed by atoms with Gasteiger partial charge < -0.3 is 10.2 Å². The molecule has 0 aromatic heterocycles. The molecule has 0 aliphatic heterocycles. The molecule has 0 saturated heterocycles. The number of rotatable bonds is 11. The fourth-order valence-corrected chi connectivity index (χ4v) is 5.21. The summed E-state index contributed by atoms with van der Waals surface area (Å²) in [6, 6.07) is 17.7. The summed E-state index contributed by atoms with van der Waals surface area (Å²) in [5.41, 5.74) is 1.17. The smallest absolute Gasteiger partial charge is 0.242 e. The van der Waals surface area contributed by atoms with Gasteiger partial charge in [-0.2, -0.15) is 0 Å². The minimum Gasteiger partial charge on any atom is -0.352 e. The van der Waals surface area contributed by atoms with Crippen LogP contribution in [0.15, 0.2) is 59.5 Å². The summed E-state index contributed by atoms with van der Waals surface area (Å²) in [6.45, 7) is 2.41. The van der Waals surface area contributed by atoms with Gasteiger partial charge in [0.25, 0.3) is 0 Å². The molecule has 1 N–H and O–H groups in total. The van der Waals surface area contributed by atoms with Gasteiger partial charge in [-0.05, 0) is 68.2 Å². The molecule has 2 amide bonds. The quantitative estimate of drug-likeness (QED) is 0.307. The van der Waals surface area contributed by atoms with Crippen molar-refractivity contribution in [1.82, 2.24) is 10.2 Å². The number of nitrogens with one attached hydrogen (secondary N) is 1. The summed E-state index contributed by atoms with van der Waals surface area (Å²) < 4.78 is 0. The second-order valence-corrected chi connectivity index (χ2v) is 10.4. The van der Waals surface area contributed by atoms with Crippen molar-refractivity contribution in [2.75, 3.05) is 12.3 Å². The van der Waals surface area contributed by atoms with Crippen LogP contribution in [0, 0.1) is 0 Å².